The third-order valence-corrected chi connectivity index (χ3v) is 3.05. The molecule has 1 unspecified atom stereocenters. The fourth-order valence-corrected chi connectivity index (χ4v) is 1.88. The van der Waals surface area contributed by atoms with E-state index >= 15 is 0 Å². The molecule has 1 aromatic rings. The molecule has 3 N–H and O–H groups in total. The van der Waals surface area contributed by atoms with Gasteiger partial charge >= 0.3 is 0 Å². The third-order valence-electron chi connectivity index (χ3n) is 2.76. The van der Waals surface area contributed by atoms with Crippen molar-refractivity contribution in [2.75, 3.05) is 5.32 Å². The van der Waals surface area contributed by atoms with Gasteiger partial charge in [0.15, 0.2) is 0 Å². The molecule has 0 aromatic heterocycles. The van der Waals surface area contributed by atoms with E-state index in [4.69, 9.17) is 18.0 Å². The van der Waals surface area contributed by atoms with Gasteiger partial charge in [0.25, 0.3) is 0 Å². The van der Waals surface area contributed by atoms with Gasteiger partial charge in [0.2, 0.25) is 5.91 Å². The van der Waals surface area contributed by atoms with Crippen LogP contribution in [0.5, 0.6) is 0 Å². The summed E-state index contributed by atoms with van der Waals surface area (Å²) in [6.45, 7) is 3.56. The molecular formula is C13H17FN2OS. The molecular weight excluding hydrogens is 251 g/mol. The minimum Gasteiger partial charge on any atom is -0.393 e. The van der Waals surface area contributed by atoms with Gasteiger partial charge in [-0.15, -0.1) is 0 Å². The molecule has 0 saturated carbocycles. The molecule has 0 aliphatic rings. The van der Waals surface area contributed by atoms with Crippen LogP contribution in [0, 0.1) is 18.7 Å². The molecule has 1 rings (SSSR count). The Labute approximate surface area is 112 Å². The van der Waals surface area contributed by atoms with Gasteiger partial charge in [-0.3, -0.25) is 4.79 Å². The number of anilines is 1. The number of rotatable bonds is 5. The van der Waals surface area contributed by atoms with Crippen molar-refractivity contribution in [1.29, 1.82) is 0 Å². The van der Waals surface area contributed by atoms with E-state index in [1.165, 1.54) is 6.07 Å². The van der Waals surface area contributed by atoms with E-state index in [0.717, 1.165) is 6.42 Å². The van der Waals surface area contributed by atoms with E-state index in [2.05, 4.69) is 5.32 Å². The zero-order valence-electron chi connectivity index (χ0n) is 10.5. The molecule has 0 bridgehead atoms. The summed E-state index contributed by atoms with van der Waals surface area (Å²) in [5.74, 6) is -1.14. The standard InChI is InChI=1S/C13H17FN2OS/c1-3-5-9(12(15)18)13(17)16-11-7-4-6-10(14)8(11)2/h4,6-7,9H,3,5H2,1-2H3,(H2,15,18)(H,16,17). The molecule has 0 spiro atoms. The van der Waals surface area contributed by atoms with E-state index in [-0.39, 0.29) is 16.7 Å². The van der Waals surface area contributed by atoms with Crippen molar-refractivity contribution in [2.24, 2.45) is 11.7 Å². The van der Waals surface area contributed by atoms with Gasteiger partial charge in [-0.05, 0) is 25.5 Å². The van der Waals surface area contributed by atoms with Crippen LogP contribution in [0.3, 0.4) is 0 Å². The Morgan fingerprint density at radius 1 is 1.56 bits per heavy atom. The third kappa shape index (κ3) is 3.50. The van der Waals surface area contributed by atoms with E-state index in [1.54, 1.807) is 19.1 Å². The predicted octanol–water partition coefficient (Wildman–Crippen LogP) is 2.78. The van der Waals surface area contributed by atoms with Gasteiger partial charge in [-0.25, -0.2) is 4.39 Å². The van der Waals surface area contributed by atoms with Crippen LogP contribution in [-0.2, 0) is 4.79 Å². The summed E-state index contributed by atoms with van der Waals surface area (Å²) in [6, 6.07) is 4.55. The lowest BCUT2D eigenvalue weighted by molar-refractivity contribution is -0.118. The molecule has 3 nitrogen and oxygen atoms in total. The molecule has 18 heavy (non-hydrogen) atoms. The number of halogens is 1. The normalized spacial score (nSPS) is 11.9. The number of nitrogens with two attached hydrogens (primary N) is 1. The molecule has 1 aromatic carbocycles. The number of amides is 1. The second-order valence-corrected chi connectivity index (χ2v) is 4.62. The molecule has 98 valence electrons. The fraction of sp³-hybridized carbons (Fsp3) is 0.385. The highest BCUT2D eigenvalue weighted by Gasteiger charge is 2.21. The first kappa shape index (κ1) is 14.6. The smallest absolute Gasteiger partial charge is 0.234 e. The molecule has 0 heterocycles. The summed E-state index contributed by atoms with van der Waals surface area (Å²) >= 11 is 4.88. The van der Waals surface area contributed by atoms with Crippen molar-refractivity contribution in [3.05, 3.63) is 29.6 Å². The quantitative estimate of drug-likeness (QED) is 0.807. The van der Waals surface area contributed by atoms with Crippen LogP contribution in [0.2, 0.25) is 0 Å². The number of hydrogen-bond acceptors (Lipinski definition) is 2. The zero-order chi connectivity index (χ0) is 13.7. The number of carbonyl (C=O) groups is 1. The maximum absolute atomic E-state index is 13.3. The Morgan fingerprint density at radius 3 is 2.78 bits per heavy atom. The summed E-state index contributed by atoms with van der Waals surface area (Å²) in [6.07, 6.45) is 1.40. The molecule has 1 amide bonds. The van der Waals surface area contributed by atoms with Crippen molar-refractivity contribution in [2.45, 2.75) is 26.7 Å². The van der Waals surface area contributed by atoms with Crippen LogP contribution < -0.4 is 11.1 Å². The Morgan fingerprint density at radius 2 is 2.22 bits per heavy atom. The van der Waals surface area contributed by atoms with E-state index in [0.29, 0.717) is 17.7 Å². The topological polar surface area (TPSA) is 55.1 Å². The maximum atomic E-state index is 13.3. The van der Waals surface area contributed by atoms with Crippen LogP contribution in [0.15, 0.2) is 18.2 Å². The van der Waals surface area contributed by atoms with Gasteiger partial charge in [0.05, 0.1) is 10.9 Å². The van der Waals surface area contributed by atoms with E-state index in [1.807, 2.05) is 6.92 Å². The molecule has 0 saturated heterocycles. The van der Waals surface area contributed by atoms with Gasteiger partial charge in [0, 0.05) is 11.3 Å². The number of benzene rings is 1. The summed E-state index contributed by atoms with van der Waals surface area (Å²) in [5.41, 5.74) is 6.40. The molecule has 0 radical (unpaired) electrons. The van der Waals surface area contributed by atoms with E-state index < -0.39 is 5.92 Å². The Kier molecular flexibility index (Phi) is 5.22. The number of nitrogens with one attached hydrogen (secondary N) is 1. The predicted molar refractivity (Wildman–Crippen MR) is 75.0 cm³/mol. The first-order valence-corrected chi connectivity index (χ1v) is 6.23. The highest BCUT2D eigenvalue weighted by atomic mass is 32.1. The van der Waals surface area contributed by atoms with Gasteiger partial charge in [-0.1, -0.05) is 31.6 Å². The fourth-order valence-electron chi connectivity index (χ4n) is 1.65. The first-order chi connectivity index (χ1) is 8.47. The van der Waals surface area contributed by atoms with Gasteiger partial charge in [-0.2, -0.15) is 0 Å². The second kappa shape index (κ2) is 6.44. The average molecular weight is 268 g/mol. The number of hydrogen-bond donors (Lipinski definition) is 2. The van der Waals surface area contributed by atoms with Crippen LogP contribution in [0.25, 0.3) is 0 Å². The van der Waals surface area contributed by atoms with Gasteiger partial charge in [0.1, 0.15) is 5.82 Å². The monoisotopic (exact) mass is 268 g/mol. The highest BCUT2D eigenvalue weighted by molar-refractivity contribution is 7.80. The second-order valence-electron chi connectivity index (χ2n) is 4.15. The van der Waals surface area contributed by atoms with Crippen molar-refractivity contribution >= 4 is 28.8 Å². The Bertz CT molecular complexity index is 462. The highest BCUT2D eigenvalue weighted by Crippen LogP contribution is 2.19. The molecule has 0 fully saturated rings. The lowest BCUT2D eigenvalue weighted by atomic mass is 10.0. The average Bonchev–Trinajstić information content (AvgIpc) is 2.31. The zero-order valence-corrected chi connectivity index (χ0v) is 11.3. The molecule has 5 heteroatoms. The number of thiocarbonyl (C=S) groups is 1. The first-order valence-electron chi connectivity index (χ1n) is 5.82. The SMILES string of the molecule is CCCC(C(=O)Nc1cccc(F)c1C)C(N)=S. The van der Waals surface area contributed by atoms with Crippen molar-refractivity contribution < 1.29 is 9.18 Å². The summed E-state index contributed by atoms with van der Waals surface area (Å²) in [4.78, 5) is 12.2. The van der Waals surface area contributed by atoms with Crippen LogP contribution in [0.4, 0.5) is 10.1 Å². The molecule has 0 aliphatic heterocycles. The lowest BCUT2D eigenvalue weighted by Crippen LogP contribution is -2.33. The van der Waals surface area contributed by atoms with Crippen molar-refractivity contribution in [1.82, 2.24) is 0 Å². The summed E-state index contributed by atoms with van der Waals surface area (Å²) in [5, 5.41) is 2.67. The largest absolute Gasteiger partial charge is 0.393 e. The van der Waals surface area contributed by atoms with Gasteiger partial charge < -0.3 is 11.1 Å². The van der Waals surface area contributed by atoms with Crippen molar-refractivity contribution in [3.8, 4) is 0 Å². The summed E-state index contributed by atoms with van der Waals surface area (Å²) in [7, 11) is 0. The van der Waals surface area contributed by atoms with Crippen molar-refractivity contribution in [3.63, 3.8) is 0 Å². The lowest BCUT2D eigenvalue weighted by Gasteiger charge is -2.15. The summed E-state index contributed by atoms with van der Waals surface area (Å²) < 4.78 is 13.3. The maximum Gasteiger partial charge on any atom is 0.234 e. The van der Waals surface area contributed by atoms with Crippen LogP contribution >= 0.6 is 12.2 Å². The molecule has 0 aliphatic carbocycles. The van der Waals surface area contributed by atoms with Crippen LogP contribution in [-0.4, -0.2) is 10.9 Å². The minimum absolute atomic E-state index is 0.170. The Balaban J connectivity index is 2.86. The van der Waals surface area contributed by atoms with E-state index in [9.17, 15) is 9.18 Å². The van der Waals surface area contributed by atoms with Crippen LogP contribution in [0.1, 0.15) is 25.3 Å². The molecule has 1 atom stereocenters. The minimum atomic E-state index is -0.507. The number of carbonyl (C=O) groups excluding carboxylic acids is 1. The Hall–Kier alpha value is -1.49.